The highest BCUT2D eigenvalue weighted by atomic mass is 35.5. The van der Waals surface area contributed by atoms with E-state index in [4.69, 9.17) is 25.8 Å². The molecule has 0 saturated carbocycles. The van der Waals surface area contributed by atoms with E-state index in [1.54, 1.807) is 49.9 Å². The molecule has 8 nitrogen and oxygen atoms in total. The van der Waals surface area contributed by atoms with Crippen LogP contribution in [0.25, 0.3) is 10.9 Å². The molecule has 4 rings (SSSR count). The molecular weight excluding hydrogens is 480 g/mol. The third kappa shape index (κ3) is 4.18. The lowest BCUT2D eigenvalue weighted by molar-refractivity contribution is 0.0168. The van der Waals surface area contributed by atoms with Gasteiger partial charge in [-0.05, 0) is 45.9 Å². The summed E-state index contributed by atoms with van der Waals surface area (Å²) in [5, 5.41) is 0.744. The van der Waals surface area contributed by atoms with E-state index in [1.807, 2.05) is 6.92 Å². The molecule has 10 heteroatoms. The lowest BCUT2D eigenvalue weighted by atomic mass is 10.0. The van der Waals surface area contributed by atoms with Gasteiger partial charge in [-0.25, -0.2) is 17.2 Å². The van der Waals surface area contributed by atoms with Crippen LogP contribution in [0.3, 0.4) is 0 Å². The highest BCUT2D eigenvalue weighted by Gasteiger charge is 2.34. The minimum absolute atomic E-state index is 0.0113. The van der Waals surface area contributed by atoms with Gasteiger partial charge in [-0.1, -0.05) is 23.7 Å². The topological polar surface area (TPSA) is 87.1 Å². The first kappa shape index (κ1) is 24.2. The van der Waals surface area contributed by atoms with Crippen LogP contribution in [0.5, 0.6) is 11.5 Å². The van der Waals surface area contributed by atoms with Crippen LogP contribution in [-0.4, -0.2) is 49.2 Å². The number of carbonyl (C=O) groups excluding carboxylic acids is 1. The second kappa shape index (κ2) is 8.70. The highest BCUT2D eigenvalue weighted by molar-refractivity contribution is 7.90. The Labute approximate surface area is 204 Å². The zero-order valence-corrected chi connectivity index (χ0v) is 21.2. The molecule has 0 radical (unpaired) electrons. The lowest BCUT2D eigenvalue weighted by Gasteiger charge is -2.30. The zero-order valence-electron chi connectivity index (χ0n) is 19.7. The molecule has 182 valence electrons. The second-order valence-corrected chi connectivity index (χ2v) is 11.2. The maximum Gasteiger partial charge on any atom is 0.410 e. The highest BCUT2D eigenvalue weighted by Crippen LogP contribution is 2.45. The molecule has 1 amide bonds. The molecule has 1 aliphatic heterocycles. The minimum Gasteiger partial charge on any atom is -0.493 e. The Kier molecular flexibility index (Phi) is 6.20. The molecule has 0 spiro atoms. The average molecular weight is 507 g/mol. The number of amides is 1. The van der Waals surface area contributed by atoms with Gasteiger partial charge in [0.2, 0.25) is 0 Å². The summed E-state index contributed by atoms with van der Waals surface area (Å²) >= 11 is 6.21. The first-order valence-electron chi connectivity index (χ1n) is 10.8. The molecule has 0 bridgehead atoms. The summed E-state index contributed by atoms with van der Waals surface area (Å²) in [5.41, 5.74) is 0.367. The maximum atomic E-state index is 13.5. The van der Waals surface area contributed by atoms with Gasteiger partial charge in [0.05, 0.1) is 30.2 Å². The second-order valence-electron chi connectivity index (χ2n) is 9.00. The third-order valence-corrected chi connectivity index (χ3v) is 7.79. The van der Waals surface area contributed by atoms with Gasteiger partial charge in [0.1, 0.15) is 17.1 Å². The first-order chi connectivity index (χ1) is 16.0. The summed E-state index contributed by atoms with van der Waals surface area (Å²) in [4.78, 5) is 14.5. The summed E-state index contributed by atoms with van der Waals surface area (Å²) in [7, 11) is -2.51. The molecule has 0 N–H and O–H groups in total. The average Bonchev–Trinajstić information content (AvgIpc) is 3.10. The fourth-order valence-electron chi connectivity index (χ4n) is 4.09. The fraction of sp³-hybridized carbons (Fsp3) is 0.375. The summed E-state index contributed by atoms with van der Waals surface area (Å²) in [5.74, 6) is 0.844. The predicted octanol–water partition coefficient (Wildman–Crippen LogP) is 5.23. The molecule has 0 saturated heterocycles. The van der Waals surface area contributed by atoms with Crippen LogP contribution in [0, 0.1) is 0 Å². The van der Waals surface area contributed by atoms with Crippen molar-refractivity contribution in [2.45, 2.75) is 44.2 Å². The van der Waals surface area contributed by atoms with Crippen LogP contribution < -0.4 is 9.47 Å². The number of rotatable bonds is 3. The van der Waals surface area contributed by atoms with Gasteiger partial charge in [-0.15, -0.1) is 0 Å². The minimum atomic E-state index is -4.00. The van der Waals surface area contributed by atoms with Gasteiger partial charge in [-0.3, -0.25) is 4.90 Å². The number of ether oxygens (including phenoxy) is 3. The van der Waals surface area contributed by atoms with Crippen molar-refractivity contribution in [1.29, 1.82) is 0 Å². The molecule has 1 unspecified atom stereocenters. The van der Waals surface area contributed by atoms with Gasteiger partial charge in [0.15, 0.2) is 11.5 Å². The number of aromatic nitrogens is 1. The van der Waals surface area contributed by atoms with Crippen LogP contribution in [0.2, 0.25) is 5.02 Å². The molecule has 0 aliphatic carbocycles. The van der Waals surface area contributed by atoms with E-state index in [1.165, 1.54) is 29.4 Å². The Morgan fingerprint density at radius 1 is 1.21 bits per heavy atom. The van der Waals surface area contributed by atoms with Crippen molar-refractivity contribution < 1.29 is 27.4 Å². The van der Waals surface area contributed by atoms with E-state index in [9.17, 15) is 13.2 Å². The number of benzene rings is 2. The van der Waals surface area contributed by atoms with Gasteiger partial charge in [-0.2, -0.15) is 0 Å². The summed E-state index contributed by atoms with van der Waals surface area (Å²) in [6.45, 7) is 7.80. The van der Waals surface area contributed by atoms with E-state index in [0.29, 0.717) is 34.5 Å². The Morgan fingerprint density at radius 3 is 2.56 bits per heavy atom. The number of nitrogens with zero attached hydrogens (tertiary/aromatic N) is 2. The van der Waals surface area contributed by atoms with E-state index in [2.05, 4.69) is 0 Å². The first-order valence-corrected chi connectivity index (χ1v) is 12.6. The van der Waals surface area contributed by atoms with Crippen LogP contribution in [-0.2, 0) is 14.8 Å². The maximum absolute atomic E-state index is 13.5. The van der Waals surface area contributed by atoms with Gasteiger partial charge < -0.3 is 14.2 Å². The largest absolute Gasteiger partial charge is 0.493 e. The number of methoxy groups -OCH3 is 1. The number of halogens is 1. The molecule has 1 atom stereocenters. The zero-order chi connectivity index (χ0) is 24.8. The van der Waals surface area contributed by atoms with E-state index >= 15 is 0 Å². The molecule has 0 fully saturated rings. The van der Waals surface area contributed by atoms with Crippen molar-refractivity contribution in [3.8, 4) is 11.5 Å². The summed E-state index contributed by atoms with van der Waals surface area (Å²) in [6, 6.07) is 9.12. The normalized spacial score (nSPS) is 16.5. The molecule has 3 aromatic rings. The van der Waals surface area contributed by atoms with Gasteiger partial charge in [0, 0.05) is 23.2 Å². The van der Waals surface area contributed by atoms with Crippen molar-refractivity contribution in [3.63, 3.8) is 0 Å². The number of hydrogen-bond donors (Lipinski definition) is 0. The van der Waals surface area contributed by atoms with E-state index in [0.717, 1.165) is 0 Å². The monoisotopic (exact) mass is 506 g/mol. The van der Waals surface area contributed by atoms with E-state index in [-0.39, 0.29) is 16.5 Å². The molecule has 34 heavy (non-hydrogen) atoms. The van der Waals surface area contributed by atoms with Crippen LogP contribution in [0.1, 0.15) is 39.3 Å². The SMILES string of the molecule is COc1cc2c(ccn2S(=O)(=O)c2ccccc2Cl)c2c1OCCN(C(=O)OC(C)(C)C)C2C. The van der Waals surface area contributed by atoms with Crippen molar-refractivity contribution in [2.24, 2.45) is 0 Å². The molecule has 1 aromatic heterocycles. The molecular formula is C24H27ClN2O6S. The van der Waals surface area contributed by atoms with Crippen molar-refractivity contribution in [2.75, 3.05) is 20.3 Å². The Balaban J connectivity index is 1.91. The quantitative estimate of drug-likeness (QED) is 0.483. The number of carbonyl (C=O) groups is 1. The predicted molar refractivity (Wildman–Crippen MR) is 129 cm³/mol. The van der Waals surface area contributed by atoms with E-state index < -0.39 is 27.8 Å². The summed E-state index contributed by atoms with van der Waals surface area (Å²) in [6.07, 6.45) is 0.994. The smallest absolute Gasteiger partial charge is 0.410 e. The van der Waals surface area contributed by atoms with Crippen molar-refractivity contribution in [1.82, 2.24) is 8.87 Å². The fourth-order valence-corrected chi connectivity index (χ4v) is 5.93. The Hall–Kier alpha value is -2.91. The molecule has 2 aromatic carbocycles. The standard InChI is InChI=1S/C24H27ClN2O6S/c1-15-21-16-10-11-27(34(29,30)20-9-7-6-8-17(20)25)18(16)14-19(31-5)22(21)32-13-12-26(15)23(28)33-24(2,3)4/h6-11,14-15H,12-13H2,1-5H3. The van der Waals surface area contributed by atoms with Crippen LogP contribution in [0.4, 0.5) is 4.79 Å². The lowest BCUT2D eigenvalue weighted by Crippen LogP contribution is -2.39. The van der Waals surface area contributed by atoms with Gasteiger partial charge >= 0.3 is 6.09 Å². The van der Waals surface area contributed by atoms with Crippen LogP contribution >= 0.6 is 11.6 Å². The van der Waals surface area contributed by atoms with Crippen molar-refractivity contribution in [3.05, 3.63) is 53.2 Å². The van der Waals surface area contributed by atoms with Gasteiger partial charge in [0.25, 0.3) is 10.0 Å². The van der Waals surface area contributed by atoms with Crippen LogP contribution in [0.15, 0.2) is 47.5 Å². The number of hydrogen-bond acceptors (Lipinski definition) is 6. The molecule has 1 aliphatic rings. The third-order valence-electron chi connectivity index (χ3n) is 5.60. The number of fused-ring (bicyclic) bond motifs is 3. The summed E-state index contributed by atoms with van der Waals surface area (Å²) < 4.78 is 45.3. The molecule has 2 heterocycles. The Bertz CT molecular complexity index is 1360. The van der Waals surface area contributed by atoms with Crippen molar-refractivity contribution >= 4 is 38.6 Å². The Morgan fingerprint density at radius 2 is 1.91 bits per heavy atom.